The SMILES string of the molecule is COCCCn1c(SCC(=O)c2cc(C)ccc2C)nnc1-c1ccc(OC)c(OC)c1. The van der Waals surface area contributed by atoms with E-state index in [9.17, 15) is 4.79 Å². The second-order valence-electron chi connectivity index (χ2n) is 7.40. The lowest BCUT2D eigenvalue weighted by molar-refractivity contribution is 0.102. The fraction of sp³-hybridized carbons (Fsp3) is 0.375. The number of thioether (sulfide) groups is 1. The number of Topliss-reactive ketones (excluding diaryl/α,β-unsaturated/α-hetero) is 1. The maximum absolute atomic E-state index is 12.9. The van der Waals surface area contributed by atoms with Gasteiger partial charge in [0, 0.05) is 31.4 Å². The summed E-state index contributed by atoms with van der Waals surface area (Å²) in [5.74, 6) is 2.35. The van der Waals surface area contributed by atoms with E-state index in [2.05, 4.69) is 10.2 Å². The molecule has 0 saturated heterocycles. The van der Waals surface area contributed by atoms with Gasteiger partial charge in [0.25, 0.3) is 0 Å². The molecule has 0 radical (unpaired) electrons. The number of aromatic nitrogens is 3. The largest absolute Gasteiger partial charge is 0.493 e. The van der Waals surface area contributed by atoms with Gasteiger partial charge in [0.2, 0.25) is 0 Å². The molecule has 0 spiro atoms. The molecule has 32 heavy (non-hydrogen) atoms. The van der Waals surface area contributed by atoms with Crippen LogP contribution in [0, 0.1) is 13.8 Å². The van der Waals surface area contributed by atoms with Crippen LogP contribution in [0.4, 0.5) is 0 Å². The number of hydrogen-bond donors (Lipinski definition) is 0. The van der Waals surface area contributed by atoms with Crippen LogP contribution in [-0.2, 0) is 11.3 Å². The van der Waals surface area contributed by atoms with Crippen LogP contribution in [0.2, 0.25) is 0 Å². The van der Waals surface area contributed by atoms with Gasteiger partial charge in [-0.2, -0.15) is 0 Å². The van der Waals surface area contributed by atoms with Gasteiger partial charge in [0.15, 0.2) is 28.3 Å². The van der Waals surface area contributed by atoms with Crippen molar-refractivity contribution in [2.75, 3.05) is 33.7 Å². The number of nitrogens with zero attached hydrogens (tertiary/aromatic N) is 3. The fourth-order valence-corrected chi connectivity index (χ4v) is 4.24. The van der Waals surface area contributed by atoms with Crippen molar-refractivity contribution in [3.8, 4) is 22.9 Å². The first-order valence-electron chi connectivity index (χ1n) is 10.4. The van der Waals surface area contributed by atoms with Crippen molar-refractivity contribution >= 4 is 17.5 Å². The van der Waals surface area contributed by atoms with Crippen LogP contribution >= 0.6 is 11.8 Å². The summed E-state index contributed by atoms with van der Waals surface area (Å²) in [4.78, 5) is 12.9. The fourth-order valence-electron chi connectivity index (χ4n) is 3.40. The van der Waals surface area contributed by atoms with Crippen LogP contribution < -0.4 is 9.47 Å². The average molecular weight is 456 g/mol. The Labute approximate surface area is 193 Å². The molecule has 0 amide bonds. The predicted molar refractivity (Wildman–Crippen MR) is 126 cm³/mol. The Morgan fingerprint density at radius 3 is 2.50 bits per heavy atom. The molecule has 0 N–H and O–H groups in total. The van der Waals surface area contributed by atoms with Crippen molar-refractivity contribution in [3.05, 3.63) is 53.1 Å². The lowest BCUT2D eigenvalue weighted by atomic mass is 10.0. The molecule has 170 valence electrons. The molecular weight excluding hydrogens is 426 g/mol. The van der Waals surface area contributed by atoms with Gasteiger partial charge in [0.05, 0.1) is 20.0 Å². The highest BCUT2D eigenvalue weighted by molar-refractivity contribution is 7.99. The number of hydrogen-bond acceptors (Lipinski definition) is 7. The Kier molecular flexibility index (Phi) is 8.30. The third-order valence-corrected chi connectivity index (χ3v) is 6.08. The van der Waals surface area contributed by atoms with E-state index in [4.69, 9.17) is 14.2 Å². The van der Waals surface area contributed by atoms with Crippen molar-refractivity contribution in [1.29, 1.82) is 0 Å². The molecule has 3 aromatic rings. The monoisotopic (exact) mass is 455 g/mol. The standard InChI is InChI=1S/C24H29N3O4S/c1-16-7-8-17(2)19(13-16)20(28)15-32-24-26-25-23(27(24)11-6-12-29-3)18-9-10-21(30-4)22(14-18)31-5/h7-10,13-14H,6,11-12,15H2,1-5H3. The first kappa shape index (κ1) is 23.8. The van der Waals surface area contributed by atoms with E-state index in [1.54, 1.807) is 21.3 Å². The van der Waals surface area contributed by atoms with Crippen molar-refractivity contribution in [2.45, 2.75) is 32.0 Å². The number of ketones is 1. The minimum atomic E-state index is 0.0790. The zero-order valence-corrected chi connectivity index (χ0v) is 20.0. The molecule has 0 aliphatic rings. The molecule has 0 aliphatic heterocycles. The lowest BCUT2D eigenvalue weighted by Gasteiger charge is -2.12. The zero-order valence-electron chi connectivity index (χ0n) is 19.2. The highest BCUT2D eigenvalue weighted by atomic mass is 32.2. The van der Waals surface area contributed by atoms with E-state index in [0.717, 1.165) is 28.7 Å². The maximum atomic E-state index is 12.9. The summed E-state index contributed by atoms with van der Waals surface area (Å²) in [6.07, 6.45) is 0.799. The molecule has 0 bridgehead atoms. The predicted octanol–water partition coefficient (Wildman–Crippen LogP) is 4.59. The van der Waals surface area contributed by atoms with Gasteiger partial charge >= 0.3 is 0 Å². The van der Waals surface area contributed by atoms with E-state index in [1.807, 2.05) is 54.8 Å². The number of methoxy groups -OCH3 is 3. The Bertz CT molecular complexity index is 1080. The van der Waals surface area contributed by atoms with Crippen LogP contribution in [0.3, 0.4) is 0 Å². The lowest BCUT2D eigenvalue weighted by Crippen LogP contribution is -2.08. The number of carbonyl (C=O) groups is 1. The van der Waals surface area contributed by atoms with E-state index >= 15 is 0 Å². The summed E-state index contributed by atoms with van der Waals surface area (Å²) in [7, 11) is 4.89. The normalized spacial score (nSPS) is 10.9. The first-order valence-corrected chi connectivity index (χ1v) is 11.3. The van der Waals surface area contributed by atoms with Gasteiger partial charge < -0.3 is 18.8 Å². The molecule has 8 heteroatoms. The molecule has 2 aromatic carbocycles. The van der Waals surface area contributed by atoms with E-state index in [0.29, 0.717) is 41.4 Å². The Morgan fingerprint density at radius 2 is 1.78 bits per heavy atom. The summed E-state index contributed by atoms with van der Waals surface area (Å²) in [6.45, 7) is 5.24. The summed E-state index contributed by atoms with van der Waals surface area (Å²) in [6, 6.07) is 11.6. The molecule has 1 aromatic heterocycles. The molecule has 0 fully saturated rings. The molecule has 7 nitrogen and oxygen atoms in total. The second-order valence-corrected chi connectivity index (χ2v) is 8.35. The quantitative estimate of drug-likeness (QED) is 0.238. The zero-order chi connectivity index (χ0) is 23.1. The molecule has 0 atom stereocenters. The smallest absolute Gasteiger partial charge is 0.191 e. The number of carbonyl (C=O) groups excluding carboxylic acids is 1. The van der Waals surface area contributed by atoms with Gasteiger partial charge in [-0.05, 0) is 50.1 Å². The van der Waals surface area contributed by atoms with Crippen LogP contribution in [-0.4, -0.2) is 54.2 Å². The highest BCUT2D eigenvalue weighted by Crippen LogP contribution is 2.33. The van der Waals surface area contributed by atoms with E-state index < -0.39 is 0 Å². The summed E-state index contributed by atoms with van der Waals surface area (Å²) >= 11 is 1.40. The number of benzene rings is 2. The van der Waals surface area contributed by atoms with Crippen molar-refractivity contribution < 1.29 is 19.0 Å². The van der Waals surface area contributed by atoms with Gasteiger partial charge in [-0.15, -0.1) is 10.2 Å². The third kappa shape index (κ3) is 5.49. The van der Waals surface area contributed by atoms with Crippen molar-refractivity contribution in [3.63, 3.8) is 0 Å². The average Bonchev–Trinajstić information content (AvgIpc) is 3.21. The van der Waals surface area contributed by atoms with Crippen LogP contribution in [0.1, 0.15) is 27.9 Å². The molecule has 0 saturated carbocycles. The molecular formula is C24H29N3O4S. The minimum absolute atomic E-state index is 0.0790. The Morgan fingerprint density at radius 1 is 1.00 bits per heavy atom. The summed E-state index contributed by atoms with van der Waals surface area (Å²) in [5.41, 5.74) is 3.67. The van der Waals surface area contributed by atoms with Gasteiger partial charge in [-0.3, -0.25) is 4.79 Å². The Hall–Kier alpha value is -2.84. The molecule has 0 unspecified atom stereocenters. The van der Waals surface area contributed by atoms with E-state index in [1.165, 1.54) is 11.8 Å². The van der Waals surface area contributed by atoms with Crippen LogP contribution in [0.5, 0.6) is 11.5 Å². The topological polar surface area (TPSA) is 75.5 Å². The summed E-state index contributed by atoms with van der Waals surface area (Å²) < 4.78 is 18.0. The van der Waals surface area contributed by atoms with E-state index in [-0.39, 0.29) is 5.78 Å². The Balaban J connectivity index is 1.87. The third-order valence-electron chi connectivity index (χ3n) is 5.11. The van der Waals surface area contributed by atoms with Gasteiger partial charge in [-0.25, -0.2) is 0 Å². The number of ether oxygens (including phenoxy) is 3. The maximum Gasteiger partial charge on any atom is 0.191 e. The van der Waals surface area contributed by atoms with Crippen LogP contribution in [0.15, 0.2) is 41.6 Å². The van der Waals surface area contributed by atoms with Crippen molar-refractivity contribution in [1.82, 2.24) is 14.8 Å². The molecule has 3 rings (SSSR count). The van der Waals surface area contributed by atoms with Gasteiger partial charge in [-0.1, -0.05) is 29.5 Å². The number of rotatable bonds is 11. The highest BCUT2D eigenvalue weighted by Gasteiger charge is 2.18. The summed E-state index contributed by atoms with van der Waals surface area (Å²) in [5, 5.41) is 9.51. The van der Waals surface area contributed by atoms with Crippen molar-refractivity contribution in [2.24, 2.45) is 0 Å². The minimum Gasteiger partial charge on any atom is -0.493 e. The molecule has 1 heterocycles. The number of aryl methyl sites for hydroxylation is 2. The molecule has 0 aliphatic carbocycles. The first-order chi connectivity index (χ1) is 15.5. The second kappa shape index (κ2) is 11.2. The van der Waals surface area contributed by atoms with Crippen LogP contribution in [0.25, 0.3) is 11.4 Å². The van der Waals surface area contributed by atoms with Gasteiger partial charge in [0.1, 0.15) is 0 Å².